The van der Waals surface area contributed by atoms with E-state index in [0.717, 1.165) is 41.4 Å². The number of hydrogen-bond donors (Lipinski definition) is 1. The molecule has 1 aromatic heterocycles. The zero-order valence-corrected chi connectivity index (χ0v) is 16.1. The first-order valence-corrected chi connectivity index (χ1v) is 9.75. The Hall–Kier alpha value is -3.08. The Kier molecular flexibility index (Phi) is 3.79. The molecule has 1 spiro atoms. The molecule has 5 heteroatoms. The predicted octanol–water partition coefficient (Wildman–Crippen LogP) is 4.17. The molecule has 2 aromatic carbocycles. The normalized spacial score (nSPS) is 22.4. The summed E-state index contributed by atoms with van der Waals surface area (Å²) in [5.74, 6) is 0.986. The van der Waals surface area contributed by atoms with E-state index >= 15 is 0 Å². The number of fused-ring (bicyclic) bond motifs is 2. The molecule has 142 valence electrons. The SMILES string of the molecule is Cc1nn(-c2ccccc2)c(C)c1NC(=O)[C@@H]1C[C@]12CCOc1ccccc12. The first-order valence-electron chi connectivity index (χ1n) is 9.75. The summed E-state index contributed by atoms with van der Waals surface area (Å²) in [7, 11) is 0. The lowest BCUT2D eigenvalue weighted by Gasteiger charge is -2.26. The fourth-order valence-electron chi connectivity index (χ4n) is 4.56. The molecule has 0 bridgehead atoms. The zero-order chi connectivity index (χ0) is 19.3. The van der Waals surface area contributed by atoms with Crippen molar-refractivity contribution in [2.75, 3.05) is 11.9 Å². The highest BCUT2D eigenvalue weighted by Gasteiger charge is 2.61. The van der Waals surface area contributed by atoms with Crippen LogP contribution in [0.1, 0.15) is 29.8 Å². The van der Waals surface area contributed by atoms with Crippen LogP contribution in [0, 0.1) is 19.8 Å². The molecule has 1 saturated carbocycles. The molecule has 2 atom stereocenters. The molecule has 0 radical (unpaired) electrons. The predicted molar refractivity (Wildman–Crippen MR) is 108 cm³/mol. The van der Waals surface area contributed by atoms with Crippen LogP contribution in [0.5, 0.6) is 5.75 Å². The van der Waals surface area contributed by atoms with Gasteiger partial charge in [0.25, 0.3) is 0 Å². The second-order valence-corrected chi connectivity index (χ2v) is 7.79. The molecule has 1 amide bonds. The molecule has 1 fully saturated rings. The average molecular weight is 373 g/mol. The van der Waals surface area contributed by atoms with Gasteiger partial charge in [-0.25, -0.2) is 4.68 Å². The van der Waals surface area contributed by atoms with Crippen LogP contribution in [0.4, 0.5) is 5.69 Å². The highest BCUT2D eigenvalue weighted by molar-refractivity contribution is 5.97. The van der Waals surface area contributed by atoms with Gasteiger partial charge in [0.05, 0.1) is 29.4 Å². The standard InChI is InChI=1S/C23H23N3O2/c1-15-21(16(2)26(25-15)17-8-4-3-5-9-17)24-22(27)19-14-23(19)12-13-28-20-11-7-6-10-18(20)23/h3-11,19H,12-14H2,1-2H3,(H,24,27)/t19-,23-/m0/s1. The molecule has 28 heavy (non-hydrogen) atoms. The van der Waals surface area contributed by atoms with Gasteiger partial charge in [0.15, 0.2) is 0 Å². The van der Waals surface area contributed by atoms with Crippen LogP contribution in [-0.4, -0.2) is 22.3 Å². The van der Waals surface area contributed by atoms with E-state index in [1.54, 1.807) is 0 Å². The minimum atomic E-state index is -0.0733. The van der Waals surface area contributed by atoms with Crippen LogP contribution in [0.15, 0.2) is 54.6 Å². The number of carbonyl (C=O) groups excluding carboxylic acids is 1. The Labute approximate surface area is 164 Å². The molecule has 3 aromatic rings. The van der Waals surface area contributed by atoms with Gasteiger partial charge in [0.2, 0.25) is 5.91 Å². The van der Waals surface area contributed by atoms with Gasteiger partial charge >= 0.3 is 0 Å². The summed E-state index contributed by atoms with van der Waals surface area (Å²) in [5, 5.41) is 7.81. The van der Waals surface area contributed by atoms with E-state index in [4.69, 9.17) is 4.74 Å². The van der Waals surface area contributed by atoms with Gasteiger partial charge in [-0.2, -0.15) is 5.10 Å². The minimum absolute atomic E-state index is 0.0172. The number of ether oxygens (including phenoxy) is 1. The van der Waals surface area contributed by atoms with Crippen molar-refractivity contribution >= 4 is 11.6 Å². The van der Waals surface area contributed by atoms with Crippen molar-refractivity contribution in [3.8, 4) is 11.4 Å². The van der Waals surface area contributed by atoms with Crippen molar-refractivity contribution in [1.82, 2.24) is 9.78 Å². The number of carbonyl (C=O) groups is 1. The van der Waals surface area contributed by atoms with E-state index in [0.29, 0.717) is 6.61 Å². The summed E-state index contributed by atoms with van der Waals surface area (Å²) in [6, 6.07) is 18.1. The largest absolute Gasteiger partial charge is 0.493 e. The lowest BCUT2D eigenvalue weighted by molar-refractivity contribution is -0.117. The van der Waals surface area contributed by atoms with E-state index < -0.39 is 0 Å². The highest BCUT2D eigenvalue weighted by Crippen LogP contribution is 2.60. The molecule has 0 unspecified atom stereocenters. The van der Waals surface area contributed by atoms with Gasteiger partial charge in [-0.15, -0.1) is 0 Å². The van der Waals surface area contributed by atoms with Crippen molar-refractivity contribution in [1.29, 1.82) is 0 Å². The summed E-state index contributed by atoms with van der Waals surface area (Å²) in [5.41, 5.74) is 4.68. The number of hydrogen-bond acceptors (Lipinski definition) is 3. The summed E-state index contributed by atoms with van der Waals surface area (Å²) >= 11 is 0. The fraction of sp³-hybridized carbons (Fsp3) is 0.304. The van der Waals surface area contributed by atoms with Crippen LogP contribution >= 0.6 is 0 Å². The minimum Gasteiger partial charge on any atom is -0.493 e. The lowest BCUT2D eigenvalue weighted by atomic mass is 9.87. The summed E-state index contributed by atoms with van der Waals surface area (Å²) in [4.78, 5) is 13.1. The quantitative estimate of drug-likeness (QED) is 0.750. The van der Waals surface area contributed by atoms with Gasteiger partial charge < -0.3 is 10.1 Å². The Balaban J connectivity index is 1.41. The van der Waals surface area contributed by atoms with Gasteiger partial charge in [0.1, 0.15) is 5.75 Å². The molecule has 5 nitrogen and oxygen atoms in total. The smallest absolute Gasteiger partial charge is 0.228 e. The first kappa shape index (κ1) is 17.0. The number of benzene rings is 2. The van der Waals surface area contributed by atoms with Crippen molar-refractivity contribution in [2.45, 2.75) is 32.1 Å². The van der Waals surface area contributed by atoms with Crippen LogP contribution in [0.25, 0.3) is 5.69 Å². The van der Waals surface area contributed by atoms with Crippen molar-refractivity contribution < 1.29 is 9.53 Å². The van der Waals surface area contributed by atoms with Crippen molar-refractivity contribution in [3.05, 3.63) is 71.5 Å². The number of anilines is 1. The average Bonchev–Trinajstić information content (AvgIpc) is 3.37. The van der Waals surface area contributed by atoms with Gasteiger partial charge in [-0.05, 0) is 44.9 Å². The maximum Gasteiger partial charge on any atom is 0.228 e. The third-order valence-electron chi connectivity index (χ3n) is 6.16. The molecular weight excluding hydrogens is 350 g/mol. The summed E-state index contributed by atoms with van der Waals surface area (Å²) in [6.45, 7) is 4.61. The highest BCUT2D eigenvalue weighted by atomic mass is 16.5. The molecule has 1 N–H and O–H groups in total. The number of aromatic nitrogens is 2. The maximum atomic E-state index is 13.1. The second-order valence-electron chi connectivity index (χ2n) is 7.79. The van der Waals surface area contributed by atoms with Crippen LogP contribution < -0.4 is 10.1 Å². The van der Waals surface area contributed by atoms with Crippen LogP contribution in [0.3, 0.4) is 0 Å². The van der Waals surface area contributed by atoms with E-state index in [9.17, 15) is 4.79 Å². The van der Waals surface area contributed by atoms with Crippen LogP contribution in [0.2, 0.25) is 0 Å². The lowest BCUT2D eigenvalue weighted by Crippen LogP contribution is -2.26. The Morgan fingerprint density at radius 1 is 1.14 bits per heavy atom. The molecule has 0 saturated heterocycles. The third-order valence-corrected chi connectivity index (χ3v) is 6.16. The van der Waals surface area contributed by atoms with Crippen molar-refractivity contribution in [2.24, 2.45) is 5.92 Å². The Morgan fingerprint density at radius 2 is 1.89 bits per heavy atom. The molecular formula is C23H23N3O2. The molecule has 1 aliphatic carbocycles. The Morgan fingerprint density at radius 3 is 2.71 bits per heavy atom. The van der Waals surface area contributed by atoms with Crippen LogP contribution in [-0.2, 0) is 10.2 Å². The molecule has 1 aliphatic heterocycles. The number of para-hydroxylation sites is 2. The van der Waals surface area contributed by atoms with E-state index in [2.05, 4.69) is 16.5 Å². The summed E-state index contributed by atoms with van der Waals surface area (Å²) in [6.07, 6.45) is 1.77. The number of amides is 1. The molecule has 5 rings (SSSR count). The molecule has 2 heterocycles. The van der Waals surface area contributed by atoms with Gasteiger partial charge in [-0.3, -0.25) is 4.79 Å². The first-order chi connectivity index (χ1) is 13.6. The van der Waals surface area contributed by atoms with Crippen molar-refractivity contribution in [3.63, 3.8) is 0 Å². The number of nitrogens with one attached hydrogen (secondary N) is 1. The van der Waals surface area contributed by atoms with Gasteiger partial charge in [-0.1, -0.05) is 36.4 Å². The van der Waals surface area contributed by atoms with E-state index in [1.807, 2.05) is 67.1 Å². The monoisotopic (exact) mass is 373 g/mol. The number of aryl methyl sites for hydroxylation is 1. The summed E-state index contributed by atoms with van der Waals surface area (Å²) < 4.78 is 7.68. The maximum absolute atomic E-state index is 13.1. The molecule has 2 aliphatic rings. The number of nitrogens with zero attached hydrogens (tertiary/aromatic N) is 2. The third kappa shape index (κ3) is 2.53. The second kappa shape index (κ2) is 6.23. The van der Waals surface area contributed by atoms with Gasteiger partial charge in [0, 0.05) is 16.9 Å². The fourth-order valence-corrected chi connectivity index (χ4v) is 4.56. The van der Waals surface area contributed by atoms with E-state index in [1.165, 1.54) is 5.56 Å². The van der Waals surface area contributed by atoms with E-state index in [-0.39, 0.29) is 17.2 Å². The Bertz CT molecular complexity index is 1060. The zero-order valence-electron chi connectivity index (χ0n) is 16.1. The topological polar surface area (TPSA) is 56.2 Å². The number of rotatable bonds is 3.